The maximum Gasteiger partial charge on any atom is 0.211 e. The number of hydrogen-bond donors (Lipinski definition) is 0. The molecular formula is C24H29NO5. The maximum absolute atomic E-state index is 13.6. The van der Waals surface area contributed by atoms with E-state index in [-0.39, 0.29) is 29.8 Å². The van der Waals surface area contributed by atoms with Crippen LogP contribution in [-0.4, -0.2) is 44.4 Å². The van der Waals surface area contributed by atoms with Crippen molar-refractivity contribution in [2.45, 2.75) is 34.0 Å². The molecule has 160 valence electrons. The summed E-state index contributed by atoms with van der Waals surface area (Å²) < 4.78 is 97.6. The molecule has 1 aliphatic heterocycles. The number of benzene rings is 2. The van der Waals surface area contributed by atoms with Gasteiger partial charge >= 0.3 is 0 Å². The van der Waals surface area contributed by atoms with Crippen molar-refractivity contribution in [3.05, 3.63) is 47.0 Å². The van der Waals surface area contributed by atoms with E-state index < -0.39 is 44.1 Å². The second-order valence-electron chi connectivity index (χ2n) is 6.20. The predicted molar refractivity (Wildman–Crippen MR) is 117 cm³/mol. The lowest BCUT2D eigenvalue weighted by Gasteiger charge is -2.20. The molecule has 0 saturated carbocycles. The Kier molecular flexibility index (Phi) is 4.05. The topological polar surface area (TPSA) is 66.4 Å². The Hall–Kier alpha value is -3.02. The molecule has 0 N–H and O–H groups in total. The molecular weight excluding hydrogens is 382 g/mol. The highest BCUT2D eigenvalue weighted by Crippen LogP contribution is 2.34. The first-order chi connectivity index (χ1) is 18.4. The van der Waals surface area contributed by atoms with E-state index in [1.807, 2.05) is 0 Å². The standard InChI is InChI=1S/C24H29NO5/c1-5-27-19-10-9-17(14-20(19)28-6-2)24(26)23-18-15-22(30-8-4)21(29-7-3)13-16(18)11-12-25-23/h9-10,13-15H,5-8,11-12H2,1-4H3/i3D3,4D3,7D2,8D2. The third-order valence-electron chi connectivity index (χ3n) is 4.42. The average molecular weight is 422 g/mol. The van der Waals surface area contributed by atoms with Crippen LogP contribution in [0.15, 0.2) is 35.3 Å². The highest BCUT2D eigenvalue weighted by Gasteiger charge is 2.25. The van der Waals surface area contributed by atoms with Gasteiger partial charge in [0.2, 0.25) is 5.78 Å². The maximum atomic E-state index is 13.6. The summed E-state index contributed by atoms with van der Waals surface area (Å²) in [6.45, 7) is -8.58. The number of ketones is 1. The van der Waals surface area contributed by atoms with Crippen molar-refractivity contribution in [2.75, 3.05) is 32.9 Å². The van der Waals surface area contributed by atoms with Crippen LogP contribution in [0.3, 0.4) is 0 Å². The summed E-state index contributed by atoms with van der Waals surface area (Å²) >= 11 is 0. The Balaban J connectivity index is 2.12. The van der Waals surface area contributed by atoms with E-state index in [2.05, 4.69) is 4.99 Å². The monoisotopic (exact) mass is 421 g/mol. The quantitative estimate of drug-likeness (QED) is 0.528. The summed E-state index contributed by atoms with van der Waals surface area (Å²) in [5.41, 5.74) is 0.740. The van der Waals surface area contributed by atoms with Gasteiger partial charge in [-0.1, -0.05) is 0 Å². The van der Waals surface area contributed by atoms with Gasteiger partial charge in [0.15, 0.2) is 23.0 Å². The van der Waals surface area contributed by atoms with Crippen molar-refractivity contribution in [2.24, 2.45) is 4.99 Å². The van der Waals surface area contributed by atoms with Crippen molar-refractivity contribution in [1.82, 2.24) is 0 Å². The largest absolute Gasteiger partial charge is 0.490 e. The fourth-order valence-corrected chi connectivity index (χ4v) is 3.20. The third kappa shape index (κ3) is 4.58. The molecule has 1 heterocycles. The van der Waals surface area contributed by atoms with Crippen molar-refractivity contribution < 1.29 is 37.4 Å². The van der Waals surface area contributed by atoms with Gasteiger partial charge in [-0.05, 0) is 69.9 Å². The number of aliphatic imine (C=N–C) groups is 1. The van der Waals surface area contributed by atoms with Crippen molar-refractivity contribution in [3.63, 3.8) is 0 Å². The Morgan fingerprint density at radius 2 is 1.63 bits per heavy atom. The van der Waals surface area contributed by atoms with E-state index in [1.54, 1.807) is 19.9 Å². The highest BCUT2D eigenvalue weighted by molar-refractivity contribution is 6.52. The van der Waals surface area contributed by atoms with Gasteiger partial charge in [0.05, 0.1) is 31.8 Å². The van der Waals surface area contributed by atoms with Gasteiger partial charge < -0.3 is 18.9 Å². The number of rotatable bonds is 10. The van der Waals surface area contributed by atoms with E-state index in [4.69, 9.17) is 32.7 Å². The van der Waals surface area contributed by atoms with E-state index in [0.29, 0.717) is 30.3 Å². The van der Waals surface area contributed by atoms with Crippen LogP contribution < -0.4 is 18.9 Å². The zero-order valence-electron chi connectivity index (χ0n) is 26.7. The van der Waals surface area contributed by atoms with Crippen LogP contribution in [0.25, 0.3) is 0 Å². The number of carbonyl (C=O) groups excluding carboxylic acids is 1. The lowest BCUT2D eigenvalue weighted by Crippen LogP contribution is -2.22. The molecule has 30 heavy (non-hydrogen) atoms. The van der Waals surface area contributed by atoms with Gasteiger partial charge in [0.25, 0.3) is 0 Å². The normalized spacial score (nSPS) is 19.3. The molecule has 0 bridgehead atoms. The number of Topliss-reactive ketones (excluding diaryl/α,β-unsaturated/α-hetero) is 1. The molecule has 0 spiro atoms. The molecule has 0 saturated heterocycles. The van der Waals surface area contributed by atoms with Crippen molar-refractivity contribution >= 4 is 11.5 Å². The Bertz CT molecular complexity index is 1290. The lowest BCUT2D eigenvalue weighted by atomic mass is 9.92. The molecule has 0 aromatic heterocycles. The van der Waals surface area contributed by atoms with Crippen LogP contribution in [0.1, 0.15) is 62.7 Å². The first-order valence-corrected chi connectivity index (χ1v) is 9.46. The van der Waals surface area contributed by atoms with Crippen LogP contribution in [-0.2, 0) is 6.42 Å². The number of carbonyl (C=O) groups is 1. The van der Waals surface area contributed by atoms with E-state index in [0.717, 1.165) is 6.07 Å². The summed E-state index contributed by atoms with van der Waals surface area (Å²) in [4.78, 5) is 17.9. The van der Waals surface area contributed by atoms with Crippen LogP contribution in [0, 0.1) is 0 Å². The van der Waals surface area contributed by atoms with E-state index >= 15 is 0 Å². The number of fused-ring (bicyclic) bond motifs is 1. The summed E-state index contributed by atoms with van der Waals surface area (Å²) in [5, 5.41) is 0. The third-order valence-corrected chi connectivity index (χ3v) is 4.42. The zero-order chi connectivity index (χ0) is 30.1. The Morgan fingerprint density at radius 1 is 0.967 bits per heavy atom. The molecule has 2 aromatic carbocycles. The van der Waals surface area contributed by atoms with Gasteiger partial charge in [0, 0.05) is 25.9 Å². The molecule has 0 unspecified atom stereocenters. The van der Waals surface area contributed by atoms with Gasteiger partial charge in [-0.3, -0.25) is 9.79 Å². The van der Waals surface area contributed by atoms with E-state index in [9.17, 15) is 4.79 Å². The molecule has 1 aliphatic rings. The lowest BCUT2D eigenvalue weighted by molar-refractivity contribution is 0.106. The smallest absolute Gasteiger partial charge is 0.211 e. The number of nitrogens with zero attached hydrogens (tertiary/aromatic N) is 1. The number of ether oxygens (including phenoxy) is 4. The van der Waals surface area contributed by atoms with Gasteiger partial charge in [-0.15, -0.1) is 0 Å². The molecule has 3 rings (SSSR count). The fourth-order valence-electron chi connectivity index (χ4n) is 3.20. The van der Waals surface area contributed by atoms with Crippen LogP contribution >= 0.6 is 0 Å². The summed E-state index contributed by atoms with van der Waals surface area (Å²) in [6.07, 6.45) is 0.249. The Labute approximate surface area is 191 Å². The molecule has 0 atom stereocenters. The van der Waals surface area contributed by atoms with Gasteiger partial charge in [-0.25, -0.2) is 0 Å². The fraction of sp³-hybridized carbons (Fsp3) is 0.417. The SMILES string of the molecule is [2H]C([2H])([2H])C([2H])([2H])Oc1cc2c(cc1OC([2H])([2H])C([2H])([2H])[2H])C(C(=O)c1ccc(OCC)c(OCC)c1)=NCC2. The van der Waals surface area contributed by atoms with E-state index in [1.165, 1.54) is 18.2 Å². The highest BCUT2D eigenvalue weighted by atomic mass is 16.5. The molecule has 0 aliphatic carbocycles. The Morgan fingerprint density at radius 3 is 2.33 bits per heavy atom. The summed E-state index contributed by atoms with van der Waals surface area (Å²) in [6, 6.07) is 6.92. The predicted octanol–water partition coefficient (Wildman–Crippen LogP) is 4.51. The van der Waals surface area contributed by atoms with Crippen LogP contribution in [0.2, 0.25) is 0 Å². The van der Waals surface area contributed by atoms with Crippen LogP contribution in [0.5, 0.6) is 23.0 Å². The minimum absolute atomic E-state index is 0.0439. The second-order valence-corrected chi connectivity index (χ2v) is 6.20. The first-order valence-electron chi connectivity index (χ1n) is 14.5. The summed E-state index contributed by atoms with van der Waals surface area (Å²) in [5.74, 6) is -0.892. The molecule has 0 fully saturated rings. The zero-order valence-corrected chi connectivity index (χ0v) is 16.7. The molecule has 6 nitrogen and oxygen atoms in total. The van der Waals surface area contributed by atoms with Crippen LogP contribution in [0.4, 0.5) is 0 Å². The number of hydrogen-bond acceptors (Lipinski definition) is 6. The second kappa shape index (κ2) is 10.1. The molecule has 2 aromatic rings. The van der Waals surface area contributed by atoms with Crippen molar-refractivity contribution in [1.29, 1.82) is 0 Å². The van der Waals surface area contributed by atoms with Gasteiger partial charge in [0.1, 0.15) is 5.71 Å². The average Bonchev–Trinajstić information content (AvgIpc) is 2.83. The first kappa shape index (κ1) is 12.0. The minimum Gasteiger partial charge on any atom is -0.490 e. The van der Waals surface area contributed by atoms with Gasteiger partial charge in [-0.2, -0.15) is 0 Å². The summed E-state index contributed by atoms with van der Waals surface area (Å²) in [7, 11) is 0. The molecule has 0 radical (unpaired) electrons. The van der Waals surface area contributed by atoms with Crippen molar-refractivity contribution in [3.8, 4) is 23.0 Å². The molecule has 6 heteroatoms. The molecule has 0 amide bonds. The minimum atomic E-state index is -3.27.